The third-order valence-corrected chi connectivity index (χ3v) is 3.57. The molecule has 0 radical (unpaired) electrons. The normalized spacial score (nSPS) is 12.7. The Labute approximate surface area is 108 Å². The predicted octanol–water partition coefficient (Wildman–Crippen LogP) is 2.62. The first-order valence-electron chi connectivity index (χ1n) is 6.23. The molecule has 0 saturated carbocycles. The number of nitrogens with zero attached hydrogens (tertiary/aromatic N) is 2. The Balaban J connectivity index is 2.28. The average Bonchev–Trinajstić information content (AvgIpc) is 2.56. The summed E-state index contributed by atoms with van der Waals surface area (Å²) in [6.07, 6.45) is 0.153. The molecular weight excluding hydrogens is 224 g/mol. The first-order valence-corrected chi connectivity index (χ1v) is 6.23. The number of aliphatic hydroxyl groups is 1. The Morgan fingerprint density at radius 1 is 1.22 bits per heavy atom. The van der Waals surface area contributed by atoms with Crippen LogP contribution in [0.2, 0.25) is 0 Å². The summed E-state index contributed by atoms with van der Waals surface area (Å²) in [6, 6.07) is 8.17. The Kier molecular flexibility index (Phi) is 3.53. The molecular formula is C15H20N2O. The fourth-order valence-corrected chi connectivity index (χ4v) is 2.42. The highest BCUT2D eigenvalue weighted by Gasteiger charge is 2.18. The van der Waals surface area contributed by atoms with Gasteiger partial charge in [-0.2, -0.15) is 5.10 Å². The molecule has 3 heteroatoms. The molecule has 0 spiro atoms. The van der Waals surface area contributed by atoms with Crippen molar-refractivity contribution < 1.29 is 5.11 Å². The fraction of sp³-hybridized carbons (Fsp3) is 0.400. The van der Waals surface area contributed by atoms with Crippen LogP contribution in [0.5, 0.6) is 0 Å². The van der Waals surface area contributed by atoms with E-state index in [0.29, 0.717) is 6.42 Å². The van der Waals surface area contributed by atoms with Crippen molar-refractivity contribution >= 4 is 0 Å². The van der Waals surface area contributed by atoms with Crippen LogP contribution in [0.25, 0.3) is 0 Å². The van der Waals surface area contributed by atoms with Crippen molar-refractivity contribution in [3.05, 3.63) is 52.3 Å². The second-order valence-corrected chi connectivity index (χ2v) is 4.85. The first-order chi connectivity index (χ1) is 8.50. The fourth-order valence-electron chi connectivity index (χ4n) is 2.42. The van der Waals surface area contributed by atoms with Gasteiger partial charge in [0.1, 0.15) is 0 Å². The number of hydrogen-bond acceptors (Lipinski definition) is 2. The maximum Gasteiger partial charge on any atom is 0.0866 e. The number of hydrogen-bond donors (Lipinski definition) is 1. The van der Waals surface area contributed by atoms with E-state index >= 15 is 0 Å². The van der Waals surface area contributed by atoms with Gasteiger partial charge in [-0.05, 0) is 31.9 Å². The largest absolute Gasteiger partial charge is 0.388 e. The quantitative estimate of drug-likeness (QED) is 0.901. The molecule has 1 N–H and O–H groups in total. The van der Waals surface area contributed by atoms with E-state index in [1.165, 1.54) is 11.1 Å². The summed E-state index contributed by atoms with van der Waals surface area (Å²) in [5, 5.41) is 14.8. The van der Waals surface area contributed by atoms with E-state index in [1.807, 2.05) is 37.7 Å². The van der Waals surface area contributed by atoms with E-state index < -0.39 is 6.10 Å². The predicted molar refractivity (Wildman–Crippen MR) is 72.5 cm³/mol. The molecule has 0 aliphatic rings. The van der Waals surface area contributed by atoms with Gasteiger partial charge in [-0.15, -0.1) is 0 Å². The van der Waals surface area contributed by atoms with E-state index in [2.05, 4.69) is 24.2 Å². The Morgan fingerprint density at radius 2 is 1.89 bits per heavy atom. The maximum absolute atomic E-state index is 10.4. The molecule has 0 aliphatic heterocycles. The third-order valence-electron chi connectivity index (χ3n) is 3.57. The van der Waals surface area contributed by atoms with Gasteiger partial charge in [0.05, 0.1) is 11.8 Å². The van der Waals surface area contributed by atoms with Crippen LogP contribution >= 0.6 is 0 Å². The van der Waals surface area contributed by atoms with Gasteiger partial charge in [-0.3, -0.25) is 4.68 Å². The summed E-state index contributed by atoms with van der Waals surface area (Å²) < 4.78 is 1.83. The molecule has 1 heterocycles. The maximum atomic E-state index is 10.4. The standard InChI is InChI=1S/C15H20N2O/c1-10-7-5-6-8-13(10)9-14(18)15-11(2)16-17(4)12(15)3/h5-8,14,18H,9H2,1-4H3. The molecule has 18 heavy (non-hydrogen) atoms. The smallest absolute Gasteiger partial charge is 0.0866 e. The highest BCUT2D eigenvalue weighted by molar-refractivity contribution is 5.31. The Hall–Kier alpha value is -1.61. The number of benzene rings is 1. The molecule has 0 amide bonds. The van der Waals surface area contributed by atoms with Crippen LogP contribution in [-0.2, 0) is 13.5 Å². The average molecular weight is 244 g/mol. The van der Waals surface area contributed by atoms with Gasteiger partial charge < -0.3 is 5.11 Å². The van der Waals surface area contributed by atoms with E-state index in [9.17, 15) is 5.11 Å². The summed E-state index contributed by atoms with van der Waals surface area (Å²) in [4.78, 5) is 0. The molecule has 0 aliphatic carbocycles. The monoisotopic (exact) mass is 244 g/mol. The van der Waals surface area contributed by atoms with E-state index in [0.717, 1.165) is 17.0 Å². The molecule has 1 aromatic heterocycles. The minimum Gasteiger partial charge on any atom is -0.388 e. The number of rotatable bonds is 3. The zero-order chi connectivity index (χ0) is 13.3. The van der Waals surface area contributed by atoms with Crippen LogP contribution in [0.4, 0.5) is 0 Å². The van der Waals surface area contributed by atoms with Crippen LogP contribution < -0.4 is 0 Å². The lowest BCUT2D eigenvalue weighted by atomic mass is 9.97. The minimum atomic E-state index is -0.486. The number of aryl methyl sites for hydroxylation is 3. The molecule has 3 nitrogen and oxygen atoms in total. The number of aromatic nitrogens is 2. The van der Waals surface area contributed by atoms with Crippen molar-refractivity contribution in [2.24, 2.45) is 7.05 Å². The van der Waals surface area contributed by atoms with Gasteiger partial charge in [0.2, 0.25) is 0 Å². The molecule has 2 aromatic rings. The zero-order valence-electron chi connectivity index (χ0n) is 11.4. The molecule has 96 valence electrons. The lowest BCUT2D eigenvalue weighted by Crippen LogP contribution is -2.06. The molecule has 0 saturated heterocycles. The van der Waals surface area contributed by atoms with E-state index in [1.54, 1.807) is 0 Å². The molecule has 1 unspecified atom stereocenters. The van der Waals surface area contributed by atoms with Crippen molar-refractivity contribution in [2.75, 3.05) is 0 Å². The second-order valence-electron chi connectivity index (χ2n) is 4.85. The van der Waals surface area contributed by atoms with Crippen molar-refractivity contribution in [3.8, 4) is 0 Å². The molecule has 0 bridgehead atoms. The van der Waals surface area contributed by atoms with Crippen LogP contribution in [0.1, 0.15) is 34.2 Å². The summed E-state index contributed by atoms with van der Waals surface area (Å²) >= 11 is 0. The summed E-state index contributed by atoms with van der Waals surface area (Å²) in [5.74, 6) is 0. The lowest BCUT2D eigenvalue weighted by molar-refractivity contribution is 0.176. The Bertz CT molecular complexity index is 558. The van der Waals surface area contributed by atoms with Gasteiger partial charge in [0, 0.05) is 24.7 Å². The van der Waals surface area contributed by atoms with Gasteiger partial charge >= 0.3 is 0 Å². The van der Waals surface area contributed by atoms with Gasteiger partial charge in [-0.1, -0.05) is 24.3 Å². The van der Waals surface area contributed by atoms with Gasteiger partial charge in [0.25, 0.3) is 0 Å². The van der Waals surface area contributed by atoms with Crippen LogP contribution in [-0.4, -0.2) is 14.9 Å². The third kappa shape index (κ3) is 2.31. The van der Waals surface area contributed by atoms with Gasteiger partial charge in [0.15, 0.2) is 0 Å². The summed E-state index contributed by atoms with van der Waals surface area (Å²) in [7, 11) is 1.91. The van der Waals surface area contributed by atoms with E-state index in [4.69, 9.17) is 0 Å². The Morgan fingerprint density at radius 3 is 2.44 bits per heavy atom. The van der Waals surface area contributed by atoms with Crippen molar-refractivity contribution in [2.45, 2.75) is 33.3 Å². The molecule has 1 atom stereocenters. The lowest BCUT2D eigenvalue weighted by Gasteiger charge is -2.13. The minimum absolute atomic E-state index is 0.486. The first kappa shape index (κ1) is 12.8. The topological polar surface area (TPSA) is 38.1 Å². The summed E-state index contributed by atoms with van der Waals surface area (Å²) in [6.45, 7) is 6.02. The number of aliphatic hydroxyl groups excluding tert-OH is 1. The molecule has 2 rings (SSSR count). The molecule has 1 aromatic carbocycles. The van der Waals surface area contributed by atoms with E-state index in [-0.39, 0.29) is 0 Å². The summed E-state index contributed by atoms with van der Waals surface area (Å²) in [5.41, 5.74) is 5.31. The van der Waals surface area contributed by atoms with Crippen molar-refractivity contribution in [1.82, 2.24) is 9.78 Å². The van der Waals surface area contributed by atoms with Crippen LogP contribution in [0.3, 0.4) is 0 Å². The molecule has 0 fully saturated rings. The van der Waals surface area contributed by atoms with Crippen LogP contribution in [0, 0.1) is 20.8 Å². The second kappa shape index (κ2) is 4.94. The van der Waals surface area contributed by atoms with Crippen LogP contribution in [0.15, 0.2) is 24.3 Å². The SMILES string of the molecule is Cc1ccccc1CC(O)c1c(C)nn(C)c1C. The zero-order valence-corrected chi connectivity index (χ0v) is 11.4. The van der Waals surface area contributed by atoms with Crippen molar-refractivity contribution in [3.63, 3.8) is 0 Å². The highest BCUT2D eigenvalue weighted by Crippen LogP contribution is 2.25. The highest BCUT2D eigenvalue weighted by atomic mass is 16.3. The van der Waals surface area contributed by atoms with Gasteiger partial charge in [-0.25, -0.2) is 0 Å². The van der Waals surface area contributed by atoms with Crippen molar-refractivity contribution in [1.29, 1.82) is 0 Å².